The first-order chi connectivity index (χ1) is 18.9. The fraction of sp³-hybridized carbons (Fsp3) is 0.367. The van der Waals surface area contributed by atoms with E-state index in [1.54, 1.807) is 35.2 Å². The van der Waals surface area contributed by atoms with Crippen LogP contribution >= 0.6 is 0 Å². The highest BCUT2D eigenvalue weighted by atomic mass is 16.5. The summed E-state index contributed by atoms with van der Waals surface area (Å²) >= 11 is 0. The Morgan fingerprint density at radius 3 is 2.64 bits per heavy atom. The van der Waals surface area contributed by atoms with Gasteiger partial charge < -0.3 is 19.5 Å². The van der Waals surface area contributed by atoms with E-state index in [1.165, 1.54) is 6.42 Å². The smallest absolute Gasteiger partial charge is 0.336 e. The highest BCUT2D eigenvalue weighted by Gasteiger charge is 2.30. The summed E-state index contributed by atoms with van der Waals surface area (Å²) in [4.78, 5) is 29.0. The Labute approximate surface area is 226 Å². The number of carboxylic acids is 1. The van der Waals surface area contributed by atoms with Gasteiger partial charge in [-0.1, -0.05) is 81.5 Å². The van der Waals surface area contributed by atoms with Crippen LogP contribution in [-0.2, 0) is 11.3 Å². The van der Waals surface area contributed by atoms with Crippen molar-refractivity contribution in [3.05, 3.63) is 66.0 Å². The number of rotatable bonds is 9. The van der Waals surface area contributed by atoms with Crippen LogP contribution in [0, 0.1) is 11.8 Å². The van der Waals surface area contributed by atoms with Crippen molar-refractivity contribution >= 4 is 23.0 Å². The summed E-state index contributed by atoms with van der Waals surface area (Å²) in [5.74, 6) is -1.21. The van der Waals surface area contributed by atoms with Gasteiger partial charge in [-0.2, -0.15) is 0 Å². The summed E-state index contributed by atoms with van der Waals surface area (Å²) in [5, 5.41) is 27.7. The SMILES string of the molecule is CCCCC1CCCC(C(=O)Oc2nnc(O)c3c2ncn3Cc2ccc(-c3ccccc3C(=O)O)cc2)C1. The largest absolute Gasteiger partial charge is 0.491 e. The molecule has 2 aromatic carbocycles. The number of unbranched alkanes of at least 4 members (excludes halogenated alkanes) is 1. The molecule has 2 atom stereocenters. The molecule has 0 saturated heterocycles. The number of benzene rings is 2. The van der Waals surface area contributed by atoms with Gasteiger partial charge in [0.25, 0.3) is 11.8 Å². The summed E-state index contributed by atoms with van der Waals surface area (Å²) in [6.45, 7) is 2.55. The molecule has 1 aliphatic carbocycles. The molecule has 5 rings (SSSR count). The van der Waals surface area contributed by atoms with E-state index in [2.05, 4.69) is 22.1 Å². The Kier molecular flexibility index (Phi) is 7.86. The van der Waals surface area contributed by atoms with Crippen molar-refractivity contribution in [2.45, 2.75) is 58.4 Å². The summed E-state index contributed by atoms with van der Waals surface area (Å²) in [5.41, 5.74) is 3.18. The summed E-state index contributed by atoms with van der Waals surface area (Å²) in [6, 6.07) is 14.4. The lowest BCUT2D eigenvalue weighted by molar-refractivity contribution is -0.140. The Hall–Kier alpha value is -4.27. The minimum Gasteiger partial charge on any atom is -0.491 e. The first kappa shape index (κ1) is 26.3. The van der Waals surface area contributed by atoms with Crippen molar-refractivity contribution in [2.75, 3.05) is 0 Å². The second-order valence-corrected chi connectivity index (χ2v) is 10.2. The Balaban J connectivity index is 1.33. The number of aromatic hydroxyl groups is 1. The molecule has 2 N–H and O–H groups in total. The maximum atomic E-state index is 13.0. The standard InChI is InChI=1S/C30H32N4O5/c1-2-3-7-19-8-6-9-22(16-19)30(38)39-28-25-26(27(35)32-33-28)34(18-31-25)17-20-12-14-21(15-13-20)23-10-4-5-11-24(23)29(36)37/h4-5,10-15,18-19,22H,2-3,6-9,16-17H2,1H3,(H,32,35)(H,36,37). The van der Waals surface area contributed by atoms with E-state index in [4.69, 9.17) is 4.74 Å². The van der Waals surface area contributed by atoms with Gasteiger partial charge in [0.1, 0.15) is 5.52 Å². The first-order valence-electron chi connectivity index (χ1n) is 13.5. The first-order valence-corrected chi connectivity index (χ1v) is 13.5. The van der Waals surface area contributed by atoms with Crippen molar-refractivity contribution in [3.8, 4) is 22.9 Å². The Morgan fingerprint density at radius 2 is 1.87 bits per heavy atom. The van der Waals surface area contributed by atoms with E-state index in [-0.39, 0.29) is 34.7 Å². The average molecular weight is 529 g/mol. The van der Waals surface area contributed by atoms with E-state index in [9.17, 15) is 19.8 Å². The van der Waals surface area contributed by atoms with Crippen LogP contribution in [-0.4, -0.2) is 41.9 Å². The minimum absolute atomic E-state index is 0.00265. The third kappa shape index (κ3) is 5.77. The number of carbonyl (C=O) groups is 2. The minimum atomic E-state index is -0.979. The number of hydrogen-bond acceptors (Lipinski definition) is 7. The fourth-order valence-electron chi connectivity index (χ4n) is 5.50. The lowest BCUT2D eigenvalue weighted by Gasteiger charge is -2.27. The van der Waals surface area contributed by atoms with E-state index in [1.807, 2.05) is 24.3 Å². The molecule has 0 bridgehead atoms. The molecule has 2 unspecified atom stereocenters. The lowest BCUT2D eigenvalue weighted by Crippen LogP contribution is -2.27. The second-order valence-electron chi connectivity index (χ2n) is 10.2. The normalized spacial score (nSPS) is 17.3. The second kappa shape index (κ2) is 11.6. The van der Waals surface area contributed by atoms with Gasteiger partial charge in [0.15, 0.2) is 5.52 Å². The molecule has 0 aliphatic heterocycles. The van der Waals surface area contributed by atoms with E-state index < -0.39 is 5.97 Å². The molecule has 2 aromatic heterocycles. The van der Waals surface area contributed by atoms with Crippen molar-refractivity contribution in [1.29, 1.82) is 0 Å². The highest BCUT2D eigenvalue weighted by Crippen LogP contribution is 2.34. The molecule has 202 valence electrons. The number of ether oxygens (including phenoxy) is 1. The zero-order valence-electron chi connectivity index (χ0n) is 21.9. The number of carbonyl (C=O) groups excluding carboxylic acids is 1. The average Bonchev–Trinajstić information content (AvgIpc) is 3.38. The molecule has 0 spiro atoms. The van der Waals surface area contributed by atoms with Crippen LogP contribution in [0.3, 0.4) is 0 Å². The van der Waals surface area contributed by atoms with Crippen LogP contribution in [0.4, 0.5) is 0 Å². The molecular weight excluding hydrogens is 496 g/mol. The van der Waals surface area contributed by atoms with Crippen molar-refractivity contribution in [3.63, 3.8) is 0 Å². The predicted molar refractivity (Wildman–Crippen MR) is 146 cm³/mol. The number of esters is 1. The molecule has 1 aliphatic rings. The number of aromatic carboxylic acids is 1. The molecule has 39 heavy (non-hydrogen) atoms. The zero-order chi connectivity index (χ0) is 27.4. The fourth-order valence-corrected chi connectivity index (χ4v) is 5.50. The maximum absolute atomic E-state index is 13.0. The molecule has 1 fully saturated rings. The van der Waals surface area contributed by atoms with Crippen molar-refractivity contribution < 1.29 is 24.5 Å². The Morgan fingerprint density at radius 1 is 1.08 bits per heavy atom. The van der Waals surface area contributed by atoms with Crippen LogP contribution in [0.2, 0.25) is 0 Å². The van der Waals surface area contributed by atoms with Gasteiger partial charge in [0.05, 0.1) is 17.8 Å². The molecule has 9 heteroatoms. The zero-order valence-corrected chi connectivity index (χ0v) is 21.9. The van der Waals surface area contributed by atoms with E-state index >= 15 is 0 Å². The number of hydrogen-bond donors (Lipinski definition) is 2. The van der Waals surface area contributed by atoms with Gasteiger partial charge in [-0.15, -0.1) is 10.2 Å². The third-order valence-corrected chi connectivity index (χ3v) is 7.54. The van der Waals surface area contributed by atoms with Crippen LogP contribution in [0.1, 0.15) is 67.8 Å². The quantitative estimate of drug-likeness (QED) is 0.259. The molecule has 2 heterocycles. The molecule has 0 amide bonds. The van der Waals surface area contributed by atoms with E-state index in [0.29, 0.717) is 23.5 Å². The number of imidazole rings is 1. The topological polar surface area (TPSA) is 127 Å². The van der Waals surface area contributed by atoms with Crippen molar-refractivity contribution in [2.24, 2.45) is 11.8 Å². The number of aromatic nitrogens is 4. The molecule has 4 aromatic rings. The maximum Gasteiger partial charge on any atom is 0.336 e. The molecule has 1 saturated carbocycles. The number of nitrogens with zero attached hydrogens (tertiary/aromatic N) is 4. The van der Waals surface area contributed by atoms with Crippen LogP contribution < -0.4 is 4.74 Å². The lowest BCUT2D eigenvalue weighted by atomic mass is 9.79. The third-order valence-electron chi connectivity index (χ3n) is 7.54. The number of carboxylic acid groups (broad SMARTS) is 1. The van der Waals surface area contributed by atoms with Gasteiger partial charge in [0, 0.05) is 6.54 Å². The van der Waals surface area contributed by atoms with Crippen LogP contribution in [0.5, 0.6) is 11.8 Å². The van der Waals surface area contributed by atoms with Crippen LogP contribution in [0.15, 0.2) is 54.9 Å². The van der Waals surface area contributed by atoms with Gasteiger partial charge in [0.2, 0.25) is 0 Å². The van der Waals surface area contributed by atoms with Crippen LogP contribution in [0.25, 0.3) is 22.2 Å². The monoisotopic (exact) mass is 528 g/mol. The molecule has 9 nitrogen and oxygen atoms in total. The van der Waals surface area contributed by atoms with Gasteiger partial charge in [-0.05, 0) is 41.5 Å². The van der Waals surface area contributed by atoms with Crippen molar-refractivity contribution in [1.82, 2.24) is 19.7 Å². The predicted octanol–water partition coefficient (Wildman–Crippen LogP) is 5.85. The van der Waals surface area contributed by atoms with Gasteiger partial charge in [-0.3, -0.25) is 4.79 Å². The number of fused-ring (bicyclic) bond motifs is 1. The van der Waals surface area contributed by atoms with Gasteiger partial charge in [-0.25, -0.2) is 9.78 Å². The summed E-state index contributed by atoms with van der Waals surface area (Å²) in [6.07, 6.45) is 8.82. The van der Waals surface area contributed by atoms with E-state index in [0.717, 1.165) is 49.7 Å². The molecule has 0 radical (unpaired) electrons. The van der Waals surface area contributed by atoms with Gasteiger partial charge >= 0.3 is 11.9 Å². The molecular formula is C30H32N4O5. The highest BCUT2D eigenvalue weighted by molar-refractivity contribution is 5.96. The summed E-state index contributed by atoms with van der Waals surface area (Å²) < 4.78 is 7.41. The Bertz CT molecular complexity index is 1480. The summed E-state index contributed by atoms with van der Waals surface area (Å²) in [7, 11) is 0.